The topological polar surface area (TPSA) is 64.8 Å². The van der Waals surface area contributed by atoms with E-state index in [0.717, 1.165) is 13.1 Å². The largest absolute Gasteiger partial charge is 0.463 e. The molecule has 23 heavy (non-hydrogen) atoms. The molecule has 122 valence electrons. The van der Waals surface area contributed by atoms with Crippen LogP contribution in [0.1, 0.15) is 16.2 Å². The Kier molecular flexibility index (Phi) is 4.68. The summed E-state index contributed by atoms with van der Waals surface area (Å²) in [5, 5.41) is 0. The molecule has 1 aliphatic rings. The Morgan fingerprint density at radius 3 is 2.78 bits per heavy atom. The summed E-state index contributed by atoms with van der Waals surface area (Å²) in [5.74, 6) is -0.990. The molecule has 1 aliphatic heterocycles. The molecule has 0 atom stereocenters. The number of rotatable bonds is 4. The maximum Gasteiger partial charge on any atom is 0.376 e. The number of morpholine rings is 1. The van der Waals surface area contributed by atoms with Crippen LogP contribution in [0.2, 0.25) is 0 Å². The number of oxazole rings is 1. The number of nitrogens with zero attached hydrogens (tertiary/aromatic N) is 2. The van der Waals surface area contributed by atoms with E-state index < -0.39 is 11.8 Å². The molecular weight excluding hydrogens is 303 g/mol. The molecule has 0 saturated carbocycles. The highest BCUT2D eigenvalue weighted by Gasteiger charge is 2.25. The lowest BCUT2D eigenvalue weighted by molar-refractivity contribution is 0.0330. The summed E-state index contributed by atoms with van der Waals surface area (Å²) in [7, 11) is 1.27. The van der Waals surface area contributed by atoms with Gasteiger partial charge in [-0.2, -0.15) is 0 Å². The van der Waals surface area contributed by atoms with Crippen LogP contribution < -0.4 is 0 Å². The van der Waals surface area contributed by atoms with Gasteiger partial charge >= 0.3 is 5.97 Å². The number of esters is 1. The van der Waals surface area contributed by atoms with Crippen molar-refractivity contribution >= 4 is 5.97 Å². The first-order valence-corrected chi connectivity index (χ1v) is 7.32. The Labute approximate surface area is 132 Å². The molecule has 3 rings (SSSR count). The third-order valence-electron chi connectivity index (χ3n) is 3.65. The Hall–Kier alpha value is -2.25. The molecule has 6 nitrogen and oxygen atoms in total. The van der Waals surface area contributed by atoms with Crippen molar-refractivity contribution in [1.82, 2.24) is 9.88 Å². The minimum atomic E-state index is -0.622. The maximum absolute atomic E-state index is 13.9. The summed E-state index contributed by atoms with van der Waals surface area (Å²) in [6.07, 6.45) is 0. The summed E-state index contributed by atoms with van der Waals surface area (Å²) in [6, 6.07) is 6.14. The zero-order valence-corrected chi connectivity index (χ0v) is 12.8. The van der Waals surface area contributed by atoms with Gasteiger partial charge in [0.25, 0.3) is 0 Å². The number of halogens is 1. The van der Waals surface area contributed by atoms with Gasteiger partial charge < -0.3 is 13.9 Å². The molecule has 0 N–H and O–H groups in total. The number of aromatic nitrogens is 1. The van der Waals surface area contributed by atoms with Crippen molar-refractivity contribution in [3.05, 3.63) is 41.5 Å². The van der Waals surface area contributed by atoms with Crippen molar-refractivity contribution in [2.45, 2.75) is 6.54 Å². The molecule has 1 saturated heterocycles. The van der Waals surface area contributed by atoms with Crippen LogP contribution in [-0.2, 0) is 16.0 Å². The van der Waals surface area contributed by atoms with Crippen LogP contribution >= 0.6 is 0 Å². The first kappa shape index (κ1) is 15.6. The molecule has 7 heteroatoms. The van der Waals surface area contributed by atoms with Crippen LogP contribution in [0.25, 0.3) is 11.5 Å². The molecule has 2 heterocycles. The molecule has 0 unspecified atom stereocenters. The molecule has 2 aromatic rings. The molecule has 1 fully saturated rings. The SMILES string of the molecule is COC(=O)c1oc(-c2ccccc2F)nc1CN1CCOCC1. The Morgan fingerprint density at radius 2 is 2.09 bits per heavy atom. The van der Waals surface area contributed by atoms with Crippen molar-refractivity contribution in [2.24, 2.45) is 0 Å². The summed E-state index contributed by atoms with van der Waals surface area (Å²) in [4.78, 5) is 18.3. The summed E-state index contributed by atoms with van der Waals surface area (Å²) in [6.45, 7) is 3.16. The third-order valence-corrected chi connectivity index (χ3v) is 3.65. The van der Waals surface area contributed by atoms with Crippen LogP contribution in [-0.4, -0.2) is 49.3 Å². The molecule has 1 aromatic heterocycles. The van der Waals surface area contributed by atoms with Gasteiger partial charge in [0, 0.05) is 19.6 Å². The number of ether oxygens (including phenoxy) is 2. The van der Waals surface area contributed by atoms with Gasteiger partial charge in [-0.1, -0.05) is 12.1 Å². The average Bonchev–Trinajstić information content (AvgIpc) is 2.99. The monoisotopic (exact) mass is 320 g/mol. The van der Waals surface area contributed by atoms with Gasteiger partial charge in [-0.3, -0.25) is 4.90 Å². The standard InChI is InChI=1S/C16H17FN2O4/c1-21-16(20)14-13(10-19-6-8-22-9-7-19)18-15(23-14)11-4-2-3-5-12(11)17/h2-5H,6-10H2,1H3. The van der Waals surface area contributed by atoms with Crippen molar-refractivity contribution in [3.63, 3.8) is 0 Å². The number of carbonyl (C=O) groups excluding carboxylic acids is 1. The zero-order valence-electron chi connectivity index (χ0n) is 12.8. The van der Waals surface area contributed by atoms with Gasteiger partial charge in [-0.15, -0.1) is 0 Å². The molecular formula is C16H17FN2O4. The maximum atomic E-state index is 13.9. The molecule has 0 bridgehead atoms. The molecule has 0 spiro atoms. The smallest absolute Gasteiger partial charge is 0.376 e. The minimum absolute atomic E-state index is 0.0113. The van der Waals surface area contributed by atoms with E-state index in [2.05, 4.69) is 9.88 Å². The van der Waals surface area contributed by atoms with Crippen LogP contribution in [0.4, 0.5) is 4.39 Å². The predicted octanol–water partition coefficient (Wildman–Crippen LogP) is 2.10. The fourth-order valence-corrected chi connectivity index (χ4v) is 2.43. The summed E-state index contributed by atoms with van der Waals surface area (Å²) in [5.41, 5.74) is 0.655. The van der Waals surface area contributed by atoms with Crippen molar-refractivity contribution in [3.8, 4) is 11.5 Å². The highest BCUT2D eigenvalue weighted by molar-refractivity contribution is 5.88. The number of hydrogen-bond donors (Lipinski definition) is 0. The van der Waals surface area contributed by atoms with Gasteiger partial charge in [0.15, 0.2) is 0 Å². The summed E-state index contributed by atoms with van der Waals surface area (Å²) >= 11 is 0. The number of carbonyl (C=O) groups is 1. The average molecular weight is 320 g/mol. The van der Waals surface area contributed by atoms with Crippen molar-refractivity contribution in [1.29, 1.82) is 0 Å². The second-order valence-electron chi connectivity index (χ2n) is 5.15. The number of benzene rings is 1. The normalized spacial score (nSPS) is 15.6. The van der Waals surface area contributed by atoms with E-state index in [1.165, 1.54) is 13.2 Å². The van der Waals surface area contributed by atoms with Crippen LogP contribution in [0.15, 0.2) is 28.7 Å². The lowest BCUT2D eigenvalue weighted by atomic mass is 10.2. The minimum Gasteiger partial charge on any atom is -0.463 e. The third kappa shape index (κ3) is 3.40. The molecule has 0 radical (unpaired) electrons. The van der Waals surface area contributed by atoms with E-state index in [9.17, 15) is 9.18 Å². The van der Waals surface area contributed by atoms with Crippen LogP contribution in [0, 0.1) is 5.82 Å². The quantitative estimate of drug-likeness (QED) is 0.804. The van der Waals surface area contributed by atoms with Gasteiger partial charge in [-0.05, 0) is 12.1 Å². The first-order chi connectivity index (χ1) is 11.2. The van der Waals surface area contributed by atoms with Gasteiger partial charge in [0.1, 0.15) is 11.5 Å². The second-order valence-corrected chi connectivity index (χ2v) is 5.15. The predicted molar refractivity (Wildman–Crippen MR) is 79.3 cm³/mol. The van der Waals surface area contributed by atoms with E-state index >= 15 is 0 Å². The molecule has 1 aromatic carbocycles. The van der Waals surface area contributed by atoms with Gasteiger partial charge in [0.2, 0.25) is 11.7 Å². The molecule has 0 aliphatic carbocycles. The van der Waals surface area contributed by atoms with E-state index in [4.69, 9.17) is 13.9 Å². The van der Waals surface area contributed by atoms with Crippen molar-refractivity contribution < 1.29 is 23.1 Å². The van der Waals surface area contributed by atoms with E-state index in [1.54, 1.807) is 18.2 Å². The first-order valence-electron chi connectivity index (χ1n) is 7.32. The lowest BCUT2D eigenvalue weighted by Crippen LogP contribution is -2.36. The second kappa shape index (κ2) is 6.89. The Bertz CT molecular complexity index is 695. The summed E-state index contributed by atoms with van der Waals surface area (Å²) < 4.78 is 29.4. The lowest BCUT2D eigenvalue weighted by Gasteiger charge is -2.25. The van der Waals surface area contributed by atoms with Crippen LogP contribution in [0.3, 0.4) is 0 Å². The fraction of sp³-hybridized carbons (Fsp3) is 0.375. The van der Waals surface area contributed by atoms with Gasteiger partial charge in [-0.25, -0.2) is 14.2 Å². The highest BCUT2D eigenvalue weighted by atomic mass is 19.1. The Morgan fingerprint density at radius 1 is 1.35 bits per heavy atom. The van der Waals surface area contributed by atoms with E-state index in [-0.39, 0.29) is 17.2 Å². The highest BCUT2D eigenvalue weighted by Crippen LogP contribution is 2.26. The zero-order chi connectivity index (χ0) is 16.2. The van der Waals surface area contributed by atoms with Gasteiger partial charge in [0.05, 0.1) is 25.9 Å². The number of hydrogen-bond acceptors (Lipinski definition) is 6. The Balaban J connectivity index is 1.93. The van der Waals surface area contributed by atoms with E-state index in [0.29, 0.717) is 25.5 Å². The molecule has 0 amide bonds. The van der Waals surface area contributed by atoms with Crippen LogP contribution in [0.5, 0.6) is 0 Å². The fourth-order valence-electron chi connectivity index (χ4n) is 2.43. The van der Waals surface area contributed by atoms with E-state index in [1.807, 2.05) is 0 Å². The number of methoxy groups -OCH3 is 1. The van der Waals surface area contributed by atoms with Crippen molar-refractivity contribution in [2.75, 3.05) is 33.4 Å².